The summed E-state index contributed by atoms with van der Waals surface area (Å²) < 4.78 is 3.88. The largest absolute Gasteiger partial charge is 0.332 e. The molecular formula is C19H22N6O. The number of fused-ring (bicyclic) bond motifs is 6. The number of nitrogens with zero attached hydrogens (tertiary/aromatic N) is 6. The lowest BCUT2D eigenvalue weighted by Crippen LogP contribution is -2.43. The van der Waals surface area contributed by atoms with Gasteiger partial charge in [-0.3, -0.25) is 9.48 Å². The van der Waals surface area contributed by atoms with E-state index in [0.29, 0.717) is 13.0 Å². The van der Waals surface area contributed by atoms with E-state index in [9.17, 15) is 4.79 Å². The van der Waals surface area contributed by atoms with Crippen LogP contribution in [0.25, 0.3) is 5.65 Å². The van der Waals surface area contributed by atoms with Crippen molar-refractivity contribution in [3.63, 3.8) is 0 Å². The molecule has 0 saturated carbocycles. The van der Waals surface area contributed by atoms with E-state index in [2.05, 4.69) is 20.1 Å². The van der Waals surface area contributed by atoms with Crippen molar-refractivity contribution < 1.29 is 4.79 Å². The number of hydrogen-bond donors (Lipinski definition) is 0. The third-order valence-corrected chi connectivity index (χ3v) is 5.78. The van der Waals surface area contributed by atoms with Gasteiger partial charge in [-0.1, -0.05) is 0 Å². The maximum atomic E-state index is 13.0. The second kappa shape index (κ2) is 5.65. The first kappa shape index (κ1) is 15.5. The predicted molar refractivity (Wildman–Crippen MR) is 95.6 cm³/mol. The molecular weight excluding hydrogens is 328 g/mol. The Morgan fingerprint density at radius 1 is 1.31 bits per heavy atom. The Kier molecular flexibility index (Phi) is 3.38. The highest BCUT2D eigenvalue weighted by Crippen LogP contribution is 2.43. The van der Waals surface area contributed by atoms with Gasteiger partial charge in [0.15, 0.2) is 5.65 Å². The molecule has 2 bridgehead atoms. The molecule has 3 aromatic rings. The smallest absolute Gasteiger partial charge is 0.225 e. The molecule has 3 aromatic heterocycles. The number of hydrogen-bond acceptors (Lipinski definition) is 4. The highest BCUT2D eigenvalue weighted by Gasteiger charge is 2.43. The topological polar surface area (TPSA) is 68.3 Å². The summed E-state index contributed by atoms with van der Waals surface area (Å²) in [5, 5.41) is 8.90. The second-order valence-electron chi connectivity index (χ2n) is 7.41. The Morgan fingerprint density at radius 3 is 3.00 bits per heavy atom. The molecule has 5 rings (SSSR count). The second-order valence-corrected chi connectivity index (χ2v) is 7.41. The van der Waals surface area contributed by atoms with Crippen LogP contribution in [0, 0.1) is 13.8 Å². The Balaban J connectivity index is 1.43. The van der Waals surface area contributed by atoms with Crippen molar-refractivity contribution in [2.24, 2.45) is 0 Å². The minimum atomic E-state index is 0.136. The summed E-state index contributed by atoms with van der Waals surface area (Å²) in [5.74, 6) is 0.217. The van der Waals surface area contributed by atoms with E-state index in [1.807, 2.05) is 41.4 Å². The fourth-order valence-corrected chi connectivity index (χ4v) is 4.54. The van der Waals surface area contributed by atoms with E-state index in [-0.39, 0.29) is 18.0 Å². The zero-order valence-electron chi connectivity index (χ0n) is 15.1. The van der Waals surface area contributed by atoms with Crippen LogP contribution in [-0.4, -0.2) is 41.2 Å². The molecule has 5 heterocycles. The molecule has 134 valence electrons. The number of carbonyl (C=O) groups is 1. The molecule has 1 fully saturated rings. The van der Waals surface area contributed by atoms with Crippen molar-refractivity contribution >= 4 is 11.6 Å². The standard InChI is InChI=1S/C19H22N6O/c1-12-9-18-20-11-15-16-4-3-14(10-17(15)25(18)22-12)24(16)19(26)6-8-23-13(2)5-7-21-23/h5,7,9,11,14,16H,3-4,6,8,10H2,1-2H3/t14-,16-/m1/s1. The van der Waals surface area contributed by atoms with E-state index in [4.69, 9.17) is 0 Å². The molecule has 2 aliphatic heterocycles. The van der Waals surface area contributed by atoms with Gasteiger partial charge in [0.05, 0.1) is 17.4 Å². The van der Waals surface area contributed by atoms with Crippen LogP contribution >= 0.6 is 0 Å². The molecule has 2 atom stereocenters. The monoisotopic (exact) mass is 350 g/mol. The van der Waals surface area contributed by atoms with Crippen LogP contribution in [0.1, 0.15) is 47.9 Å². The van der Waals surface area contributed by atoms with Gasteiger partial charge in [-0.25, -0.2) is 9.50 Å². The molecule has 0 aromatic carbocycles. The van der Waals surface area contributed by atoms with Gasteiger partial charge in [0, 0.05) is 55.1 Å². The minimum Gasteiger partial charge on any atom is -0.332 e. The Hall–Kier alpha value is -2.70. The van der Waals surface area contributed by atoms with Gasteiger partial charge in [-0.15, -0.1) is 0 Å². The van der Waals surface area contributed by atoms with Crippen LogP contribution in [0.15, 0.2) is 24.5 Å². The minimum absolute atomic E-state index is 0.136. The van der Waals surface area contributed by atoms with Gasteiger partial charge in [-0.2, -0.15) is 10.2 Å². The number of carbonyl (C=O) groups excluding carboxylic acids is 1. The average molecular weight is 350 g/mol. The van der Waals surface area contributed by atoms with Gasteiger partial charge in [0.1, 0.15) is 0 Å². The van der Waals surface area contributed by atoms with Gasteiger partial charge >= 0.3 is 0 Å². The van der Waals surface area contributed by atoms with Crippen LogP contribution in [0.3, 0.4) is 0 Å². The lowest BCUT2D eigenvalue weighted by molar-refractivity contribution is -0.135. The zero-order valence-corrected chi connectivity index (χ0v) is 15.1. The van der Waals surface area contributed by atoms with Crippen molar-refractivity contribution in [1.82, 2.24) is 29.3 Å². The lowest BCUT2D eigenvalue weighted by Gasteiger charge is -2.36. The summed E-state index contributed by atoms with van der Waals surface area (Å²) in [6.45, 7) is 4.64. The number of rotatable bonds is 3. The number of amides is 1. The molecule has 7 nitrogen and oxygen atoms in total. The first-order valence-corrected chi connectivity index (χ1v) is 9.25. The van der Waals surface area contributed by atoms with Crippen molar-refractivity contribution in [1.29, 1.82) is 0 Å². The third-order valence-electron chi connectivity index (χ3n) is 5.78. The molecule has 0 radical (unpaired) electrons. The Bertz CT molecular complexity index is 1000. The molecule has 0 N–H and O–H groups in total. The third kappa shape index (κ3) is 2.26. The van der Waals surface area contributed by atoms with Crippen LogP contribution in [-0.2, 0) is 17.8 Å². The fourth-order valence-electron chi connectivity index (χ4n) is 4.54. The molecule has 0 aliphatic carbocycles. The maximum absolute atomic E-state index is 13.0. The summed E-state index contributed by atoms with van der Waals surface area (Å²) in [7, 11) is 0. The predicted octanol–water partition coefficient (Wildman–Crippen LogP) is 2.22. The van der Waals surface area contributed by atoms with Crippen LogP contribution in [0.2, 0.25) is 0 Å². The molecule has 1 saturated heterocycles. The van der Waals surface area contributed by atoms with Crippen molar-refractivity contribution in [2.75, 3.05) is 0 Å². The van der Waals surface area contributed by atoms with E-state index in [0.717, 1.165) is 41.9 Å². The van der Waals surface area contributed by atoms with Crippen molar-refractivity contribution in [3.8, 4) is 0 Å². The summed E-state index contributed by atoms with van der Waals surface area (Å²) >= 11 is 0. The zero-order chi connectivity index (χ0) is 17.8. The lowest BCUT2D eigenvalue weighted by atomic mass is 9.98. The SMILES string of the molecule is Cc1cc2ncc3c(n2n1)C[C@H]1CC[C@H]3N1C(=O)CCn1nccc1C. The van der Waals surface area contributed by atoms with Crippen molar-refractivity contribution in [2.45, 2.75) is 58.2 Å². The van der Waals surface area contributed by atoms with Crippen LogP contribution in [0.4, 0.5) is 0 Å². The average Bonchev–Trinajstić information content (AvgIpc) is 3.29. The molecule has 0 spiro atoms. The quantitative estimate of drug-likeness (QED) is 0.726. The number of aromatic nitrogens is 5. The highest BCUT2D eigenvalue weighted by atomic mass is 16.2. The first-order valence-electron chi connectivity index (χ1n) is 9.25. The normalized spacial score (nSPS) is 21.4. The Morgan fingerprint density at radius 2 is 2.19 bits per heavy atom. The molecule has 26 heavy (non-hydrogen) atoms. The molecule has 7 heteroatoms. The van der Waals surface area contributed by atoms with E-state index in [1.54, 1.807) is 6.20 Å². The van der Waals surface area contributed by atoms with E-state index in [1.165, 1.54) is 5.69 Å². The van der Waals surface area contributed by atoms with E-state index >= 15 is 0 Å². The fraction of sp³-hybridized carbons (Fsp3) is 0.474. The highest BCUT2D eigenvalue weighted by molar-refractivity contribution is 5.78. The molecule has 2 aliphatic rings. The van der Waals surface area contributed by atoms with Crippen LogP contribution < -0.4 is 0 Å². The van der Waals surface area contributed by atoms with Gasteiger partial charge < -0.3 is 4.90 Å². The maximum Gasteiger partial charge on any atom is 0.225 e. The summed E-state index contributed by atoms with van der Waals surface area (Å²) in [6, 6.07) is 4.38. The molecule has 0 unspecified atom stereocenters. The summed E-state index contributed by atoms with van der Waals surface area (Å²) in [5.41, 5.74) is 5.35. The summed E-state index contributed by atoms with van der Waals surface area (Å²) in [6.07, 6.45) is 7.14. The van der Waals surface area contributed by atoms with E-state index < -0.39 is 0 Å². The first-order chi connectivity index (χ1) is 12.6. The van der Waals surface area contributed by atoms with Gasteiger partial charge in [-0.05, 0) is 32.8 Å². The van der Waals surface area contributed by atoms with Gasteiger partial charge in [0.2, 0.25) is 5.91 Å². The Labute approximate surface area is 151 Å². The van der Waals surface area contributed by atoms with Crippen molar-refractivity contribution in [3.05, 3.63) is 47.2 Å². The van der Waals surface area contributed by atoms with Crippen LogP contribution in [0.5, 0.6) is 0 Å². The van der Waals surface area contributed by atoms with Gasteiger partial charge in [0.25, 0.3) is 0 Å². The molecule has 1 amide bonds. The summed E-state index contributed by atoms with van der Waals surface area (Å²) in [4.78, 5) is 19.7. The number of aryl methyl sites for hydroxylation is 3.